The maximum absolute atomic E-state index is 14.6. The summed E-state index contributed by atoms with van der Waals surface area (Å²) in [4.78, 5) is 15.1. The number of ether oxygens (including phenoxy) is 1. The standard InChI is InChI=1S/C22H19F4NO3/c1-27-13-5-4-11-21(27,12-10-13)30-20(28)22(29,14-6-2-8-16(23)18(14)25)15-7-3-9-17(24)19(15)26/h2-4,6-9,11,13,29H,5,10,12H2,1H3/t13-,21-/m1/s1. The predicted molar refractivity (Wildman–Crippen MR) is 99.1 cm³/mol. The van der Waals surface area contributed by atoms with E-state index in [4.69, 9.17) is 4.74 Å². The van der Waals surface area contributed by atoms with Crippen molar-refractivity contribution in [2.45, 2.75) is 36.6 Å². The first-order valence-electron chi connectivity index (χ1n) is 9.46. The number of carbonyl (C=O) groups excluding carboxylic acids is 1. The van der Waals surface area contributed by atoms with Crippen LogP contribution in [-0.4, -0.2) is 34.8 Å². The fourth-order valence-corrected chi connectivity index (χ4v) is 4.26. The summed E-state index contributed by atoms with van der Waals surface area (Å²) < 4.78 is 62.7. The summed E-state index contributed by atoms with van der Waals surface area (Å²) >= 11 is 0. The van der Waals surface area contributed by atoms with Gasteiger partial charge in [-0.3, -0.25) is 4.90 Å². The van der Waals surface area contributed by atoms with Gasteiger partial charge in [0.2, 0.25) is 5.60 Å². The molecule has 1 fully saturated rings. The Bertz CT molecular complexity index is 990. The second kappa shape index (κ2) is 7.21. The summed E-state index contributed by atoms with van der Waals surface area (Å²) in [6, 6.07) is 5.64. The molecule has 0 unspecified atom stereocenters. The zero-order valence-electron chi connectivity index (χ0n) is 16.0. The van der Waals surface area contributed by atoms with E-state index >= 15 is 0 Å². The quantitative estimate of drug-likeness (QED) is 0.464. The second-order valence-electron chi connectivity index (χ2n) is 7.59. The first kappa shape index (κ1) is 20.6. The fraction of sp³-hybridized carbons (Fsp3) is 0.318. The summed E-state index contributed by atoms with van der Waals surface area (Å²) in [5.74, 6) is -7.27. The van der Waals surface area contributed by atoms with E-state index in [-0.39, 0.29) is 6.04 Å². The molecule has 4 rings (SSSR count). The molecule has 2 aromatic rings. The highest BCUT2D eigenvalue weighted by molar-refractivity contribution is 5.86. The minimum atomic E-state index is -3.11. The Morgan fingerprint density at radius 3 is 2.23 bits per heavy atom. The normalized spacial score (nSPS) is 23.6. The SMILES string of the molecule is CN1[C@@H]2CC=C[C@@]1(OC(=O)C(O)(c1cccc(F)c1F)c1cccc(F)c1F)CC2. The van der Waals surface area contributed by atoms with E-state index in [0.29, 0.717) is 12.8 Å². The number of carbonyl (C=O) groups is 1. The molecular formula is C22H19F4NO3. The Balaban J connectivity index is 1.87. The summed E-state index contributed by atoms with van der Waals surface area (Å²) in [6.07, 6.45) is 5.34. The van der Waals surface area contributed by atoms with Crippen LogP contribution in [0.15, 0.2) is 48.6 Å². The smallest absolute Gasteiger partial charge is 0.349 e. The van der Waals surface area contributed by atoms with Crippen LogP contribution >= 0.6 is 0 Å². The van der Waals surface area contributed by atoms with E-state index in [1.54, 1.807) is 18.0 Å². The largest absolute Gasteiger partial charge is 0.437 e. The zero-order valence-corrected chi connectivity index (χ0v) is 16.0. The average Bonchev–Trinajstić information content (AvgIpc) is 2.89. The number of hydrogen-bond donors (Lipinski definition) is 1. The number of rotatable bonds is 4. The van der Waals surface area contributed by atoms with Gasteiger partial charge >= 0.3 is 5.97 Å². The zero-order chi connectivity index (χ0) is 21.7. The van der Waals surface area contributed by atoms with Gasteiger partial charge in [0.25, 0.3) is 0 Å². The maximum Gasteiger partial charge on any atom is 0.349 e. The third-order valence-corrected chi connectivity index (χ3v) is 6.01. The van der Waals surface area contributed by atoms with E-state index in [0.717, 1.165) is 42.8 Å². The van der Waals surface area contributed by atoms with Crippen molar-refractivity contribution in [2.75, 3.05) is 7.05 Å². The Labute approximate surface area is 170 Å². The van der Waals surface area contributed by atoms with Gasteiger partial charge in [-0.15, -0.1) is 0 Å². The molecule has 158 valence electrons. The first-order chi connectivity index (χ1) is 14.2. The van der Waals surface area contributed by atoms with E-state index < -0.39 is 51.7 Å². The van der Waals surface area contributed by atoms with E-state index in [1.807, 2.05) is 6.08 Å². The van der Waals surface area contributed by atoms with Gasteiger partial charge in [-0.05, 0) is 38.1 Å². The van der Waals surface area contributed by atoms with Crippen LogP contribution in [0, 0.1) is 23.3 Å². The van der Waals surface area contributed by atoms with Gasteiger partial charge in [0.1, 0.15) is 0 Å². The van der Waals surface area contributed by atoms with E-state index in [2.05, 4.69) is 0 Å². The van der Waals surface area contributed by atoms with Crippen LogP contribution in [0.25, 0.3) is 0 Å². The minimum absolute atomic E-state index is 0.104. The molecule has 2 atom stereocenters. The van der Waals surface area contributed by atoms with Crippen LogP contribution in [0.3, 0.4) is 0 Å². The molecule has 30 heavy (non-hydrogen) atoms. The fourth-order valence-electron chi connectivity index (χ4n) is 4.26. The van der Waals surface area contributed by atoms with Gasteiger partial charge in [-0.2, -0.15) is 0 Å². The number of fused-ring (bicyclic) bond motifs is 2. The Hall–Kier alpha value is -2.71. The summed E-state index contributed by atoms with van der Waals surface area (Å²) in [5.41, 5.74) is -6.07. The average molecular weight is 421 g/mol. The van der Waals surface area contributed by atoms with Gasteiger partial charge in [0.05, 0.1) is 0 Å². The van der Waals surface area contributed by atoms with Crippen LogP contribution in [-0.2, 0) is 15.1 Å². The van der Waals surface area contributed by atoms with Gasteiger partial charge in [-0.1, -0.05) is 30.3 Å². The lowest BCUT2D eigenvalue weighted by Crippen LogP contribution is -2.52. The second-order valence-corrected chi connectivity index (χ2v) is 7.59. The maximum atomic E-state index is 14.6. The van der Waals surface area contributed by atoms with Crippen LogP contribution in [0.4, 0.5) is 17.6 Å². The van der Waals surface area contributed by atoms with Crippen molar-refractivity contribution >= 4 is 5.97 Å². The lowest BCUT2D eigenvalue weighted by atomic mass is 9.85. The van der Waals surface area contributed by atoms with Crippen molar-refractivity contribution in [2.24, 2.45) is 0 Å². The molecule has 0 amide bonds. The number of nitrogens with zero attached hydrogens (tertiary/aromatic N) is 1. The van der Waals surface area contributed by atoms with Gasteiger partial charge in [0.15, 0.2) is 29.0 Å². The highest BCUT2D eigenvalue weighted by Gasteiger charge is 2.53. The Morgan fingerprint density at radius 1 is 1.10 bits per heavy atom. The van der Waals surface area contributed by atoms with Crippen molar-refractivity contribution in [3.05, 3.63) is 82.9 Å². The molecule has 1 saturated heterocycles. The highest BCUT2D eigenvalue weighted by Crippen LogP contribution is 2.43. The topological polar surface area (TPSA) is 49.8 Å². The molecule has 0 saturated carbocycles. The lowest BCUT2D eigenvalue weighted by molar-refractivity contribution is -0.188. The molecule has 2 aliphatic heterocycles. The van der Waals surface area contributed by atoms with Crippen LogP contribution in [0.2, 0.25) is 0 Å². The van der Waals surface area contributed by atoms with E-state index in [9.17, 15) is 27.5 Å². The Morgan fingerprint density at radius 2 is 1.67 bits per heavy atom. The number of benzene rings is 2. The number of likely N-dealkylation sites (N-methyl/N-ethyl adjacent to an activating group) is 1. The number of halogens is 4. The molecule has 2 aliphatic rings. The highest BCUT2D eigenvalue weighted by atomic mass is 19.2. The summed E-state index contributed by atoms with van der Waals surface area (Å²) in [5, 5.41) is 11.3. The van der Waals surface area contributed by atoms with Gasteiger partial charge < -0.3 is 9.84 Å². The van der Waals surface area contributed by atoms with Crippen LogP contribution < -0.4 is 0 Å². The molecular weight excluding hydrogens is 402 g/mol. The van der Waals surface area contributed by atoms with Crippen molar-refractivity contribution in [1.82, 2.24) is 4.90 Å². The monoisotopic (exact) mass is 421 g/mol. The molecule has 8 heteroatoms. The molecule has 0 radical (unpaired) electrons. The number of hydrogen-bond acceptors (Lipinski definition) is 4. The minimum Gasteiger partial charge on any atom is -0.437 e. The van der Waals surface area contributed by atoms with Crippen LogP contribution in [0.1, 0.15) is 30.4 Å². The van der Waals surface area contributed by atoms with Crippen LogP contribution in [0.5, 0.6) is 0 Å². The number of aliphatic hydroxyl groups is 1. The molecule has 2 bridgehead atoms. The Kier molecular flexibility index (Phi) is 4.94. The lowest BCUT2D eigenvalue weighted by Gasteiger charge is -2.40. The third-order valence-electron chi connectivity index (χ3n) is 6.01. The van der Waals surface area contributed by atoms with Gasteiger partial charge in [-0.25, -0.2) is 22.4 Å². The summed E-state index contributed by atoms with van der Waals surface area (Å²) in [7, 11) is 1.74. The molecule has 4 nitrogen and oxygen atoms in total. The molecule has 0 spiro atoms. The molecule has 2 heterocycles. The number of esters is 1. The molecule has 2 aromatic carbocycles. The van der Waals surface area contributed by atoms with E-state index in [1.165, 1.54) is 0 Å². The van der Waals surface area contributed by atoms with Crippen molar-refractivity contribution in [3.63, 3.8) is 0 Å². The first-order valence-corrected chi connectivity index (χ1v) is 9.46. The van der Waals surface area contributed by atoms with Crippen molar-refractivity contribution in [3.8, 4) is 0 Å². The molecule has 0 aliphatic carbocycles. The molecule has 1 N–H and O–H groups in total. The molecule has 0 aromatic heterocycles. The summed E-state index contributed by atoms with van der Waals surface area (Å²) in [6.45, 7) is 0. The van der Waals surface area contributed by atoms with Gasteiger partial charge in [0, 0.05) is 23.6 Å². The predicted octanol–water partition coefficient (Wildman–Crippen LogP) is 3.77. The van der Waals surface area contributed by atoms with Crippen molar-refractivity contribution < 1.29 is 32.2 Å². The van der Waals surface area contributed by atoms with Crippen molar-refractivity contribution in [1.29, 1.82) is 0 Å². The third kappa shape index (κ3) is 2.94.